The lowest BCUT2D eigenvalue weighted by molar-refractivity contribution is 0.298. The van der Waals surface area contributed by atoms with Gasteiger partial charge in [0.1, 0.15) is 0 Å². The third-order valence-corrected chi connectivity index (χ3v) is 1.71. The number of rotatable bonds is 4. The van der Waals surface area contributed by atoms with Crippen LogP contribution < -0.4 is 5.32 Å². The van der Waals surface area contributed by atoms with Gasteiger partial charge in [0.25, 0.3) is 0 Å². The Hall–Kier alpha value is -1.35. The number of para-hydroxylation sites is 1. The molecule has 1 aromatic carbocycles. The summed E-state index contributed by atoms with van der Waals surface area (Å²) in [6.45, 7) is 1.85. The number of benzene rings is 1. The van der Waals surface area contributed by atoms with Crippen molar-refractivity contribution < 1.29 is 4.74 Å². The molecule has 0 spiro atoms. The minimum Gasteiger partial charge on any atom is -0.482 e. The fourth-order valence-corrected chi connectivity index (χ4v) is 1.10. The second-order valence-corrected chi connectivity index (χ2v) is 3.46. The normalized spacial score (nSPS) is 10.9. The second-order valence-electron chi connectivity index (χ2n) is 2.81. The highest BCUT2D eigenvalue weighted by atomic mass is 32.1. The van der Waals surface area contributed by atoms with E-state index >= 15 is 0 Å². The lowest BCUT2D eigenvalue weighted by Crippen LogP contribution is -2.02. The smallest absolute Gasteiger partial charge is 0.191 e. The number of nitrogens with one attached hydrogen (secondary N) is 1. The van der Waals surface area contributed by atoms with Crippen molar-refractivity contribution in [1.29, 1.82) is 0 Å². The second kappa shape index (κ2) is 5.40. The fraction of sp³-hybridized carbons (Fsp3) is 0.182. The number of ether oxygens (including phenoxy) is 1. The number of allylic oxidation sites excluding steroid dienone is 1. The van der Waals surface area contributed by atoms with Gasteiger partial charge in [0.15, 0.2) is 5.88 Å². The molecule has 0 heterocycles. The predicted molar refractivity (Wildman–Crippen MR) is 63.4 cm³/mol. The van der Waals surface area contributed by atoms with Crippen LogP contribution >= 0.6 is 12.2 Å². The maximum absolute atomic E-state index is 5.13. The Bertz CT molecular complexity index is 332. The van der Waals surface area contributed by atoms with Crippen LogP contribution in [-0.4, -0.2) is 12.0 Å². The van der Waals surface area contributed by atoms with E-state index in [1.54, 1.807) is 13.2 Å². The van der Waals surface area contributed by atoms with Crippen molar-refractivity contribution in [2.75, 3.05) is 12.4 Å². The van der Waals surface area contributed by atoms with Crippen molar-refractivity contribution >= 4 is 22.8 Å². The quantitative estimate of drug-likeness (QED) is 0.466. The standard InChI is InChI=1S/C11H13NOS/c1-9(14)8-11(13-2)12-10-6-4-3-5-7-10/h3-8,12H,1-2H3/b11-8+. The molecule has 0 bridgehead atoms. The van der Waals surface area contributed by atoms with Crippen LogP contribution in [0.3, 0.4) is 0 Å². The minimum absolute atomic E-state index is 0.656. The fourth-order valence-electron chi connectivity index (χ4n) is 0.994. The summed E-state index contributed by atoms with van der Waals surface area (Å²) in [5, 5.41) is 3.11. The lowest BCUT2D eigenvalue weighted by atomic mass is 10.3. The summed E-state index contributed by atoms with van der Waals surface area (Å²) in [5.41, 5.74) is 0.983. The van der Waals surface area contributed by atoms with Gasteiger partial charge >= 0.3 is 0 Å². The molecule has 0 amide bonds. The van der Waals surface area contributed by atoms with Gasteiger partial charge in [-0.05, 0) is 19.1 Å². The van der Waals surface area contributed by atoms with Crippen LogP contribution in [0.25, 0.3) is 0 Å². The van der Waals surface area contributed by atoms with E-state index in [0.717, 1.165) is 10.6 Å². The Morgan fingerprint density at radius 2 is 2.00 bits per heavy atom. The van der Waals surface area contributed by atoms with Crippen LogP contribution in [0.2, 0.25) is 0 Å². The molecule has 74 valence electrons. The summed E-state index contributed by atoms with van der Waals surface area (Å²) in [6.07, 6.45) is 1.78. The highest BCUT2D eigenvalue weighted by Gasteiger charge is 1.96. The van der Waals surface area contributed by atoms with Crippen molar-refractivity contribution in [2.45, 2.75) is 6.92 Å². The average molecular weight is 207 g/mol. The van der Waals surface area contributed by atoms with Gasteiger partial charge in [-0.1, -0.05) is 30.4 Å². The molecule has 0 aliphatic heterocycles. The molecular formula is C11H13NOS. The van der Waals surface area contributed by atoms with E-state index < -0.39 is 0 Å². The Morgan fingerprint density at radius 3 is 2.50 bits per heavy atom. The SMILES string of the molecule is CO/C(=C/C(C)=S)Nc1ccccc1. The molecule has 3 heteroatoms. The zero-order chi connectivity index (χ0) is 10.4. The maximum atomic E-state index is 5.13. The minimum atomic E-state index is 0.656. The van der Waals surface area contributed by atoms with E-state index in [0.29, 0.717) is 5.88 Å². The van der Waals surface area contributed by atoms with Gasteiger partial charge in [-0.15, -0.1) is 0 Å². The Kier molecular flexibility index (Phi) is 4.13. The summed E-state index contributed by atoms with van der Waals surface area (Å²) >= 11 is 4.96. The molecule has 0 radical (unpaired) electrons. The van der Waals surface area contributed by atoms with Crippen LogP contribution in [0.5, 0.6) is 0 Å². The van der Waals surface area contributed by atoms with E-state index in [-0.39, 0.29) is 0 Å². The summed E-state index contributed by atoms with van der Waals surface area (Å²) in [4.78, 5) is 0.783. The van der Waals surface area contributed by atoms with Crippen molar-refractivity contribution in [1.82, 2.24) is 0 Å². The summed E-state index contributed by atoms with van der Waals surface area (Å²) in [6, 6.07) is 9.81. The Morgan fingerprint density at radius 1 is 1.36 bits per heavy atom. The average Bonchev–Trinajstić information content (AvgIpc) is 2.17. The number of hydrogen-bond acceptors (Lipinski definition) is 3. The van der Waals surface area contributed by atoms with Crippen LogP contribution in [0.4, 0.5) is 5.69 Å². The van der Waals surface area contributed by atoms with Crippen LogP contribution in [-0.2, 0) is 4.74 Å². The van der Waals surface area contributed by atoms with Gasteiger partial charge in [0.05, 0.1) is 7.11 Å². The summed E-state index contributed by atoms with van der Waals surface area (Å²) < 4.78 is 5.13. The number of anilines is 1. The predicted octanol–water partition coefficient (Wildman–Crippen LogP) is 2.98. The molecule has 0 saturated carbocycles. The van der Waals surface area contributed by atoms with E-state index in [4.69, 9.17) is 17.0 Å². The van der Waals surface area contributed by atoms with Gasteiger partial charge in [0.2, 0.25) is 0 Å². The third-order valence-electron chi connectivity index (χ3n) is 1.60. The topological polar surface area (TPSA) is 21.3 Å². The molecule has 2 nitrogen and oxygen atoms in total. The van der Waals surface area contributed by atoms with Crippen LogP contribution in [0.15, 0.2) is 42.3 Å². The first kappa shape index (κ1) is 10.7. The molecule has 0 aliphatic rings. The molecule has 0 aliphatic carbocycles. The highest BCUT2D eigenvalue weighted by Crippen LogP contribution is 2.09. The molecule has 0 fully saturated rings. The molecule has 1 aromatic rings. The zero-order valence-electron chi connectivity index (χ0n) is 8.28. The van der Waals surface area contributed by atoms with Gasteiger partial charge in [0, 0.05) is 16.6 Å². The number of methoxy groups -OCH3 is 1. The molecule has 14 heavy (non-hydrogen) atoms. The molecular weight excluding hydrogens is 194 g/mol. The largest absolute Gasteiger partial charge is 0.482 e. The zero-order valence-corrected chi connectivity index (χ0v) is 9.10. The van der Waals surface area contributed by atoms with E-state index in [9.17, 15) is 0 Å². The molecule has 0 atom stereocenters. The van der Waals surface area contributed by atoms with E-state index in [1.165, 1.54) is 0 Å². The first-order valence-electron chi connectivity index (χ1n) is 4.30. The lowest BCUT2D eigenvalue weighted by Gasteiger charge is -2.08. The van der Waals surface area contributed by atoms with Gasteiger partial charge in [-0.25, -0.2) is 0 Å². The first-order valence-corrected chi connectivity index (χ1v) is 4.71. The molecule has 0 unspecified atom stereocenters. The summed E-state index contributed by atoms with van der Waals surface area (Å²) in [7, 11) is 1.61. The molecule has 0 saturated heterocycles. The van der Waals surface area contributed by atoms with Crippen molar-refractivity contribution in [3.63, 3.8) is 0 Å². The van der Waals surface area contributed by atoms with Gasteiger partial charge in [-0.2, -0.15) is 0 Å². The molecule has 1 N–H and O–H groups in total. The monoisotopic (exact) mass is 207 g/mol. The van der Waals surface area contributed by atoms with Crippen LogP contribution in [0, 0.1) is 0 Å². The number of thiocarbonyl (C=S) groups is 1. The van der Waals surface area contributed by atoms with Gasteiger partial charge < -0.3 is 10.1 Å². The Balaban J connectivity index is 2.71. The highest BCUT2D eigenvalue weighted by molar-refractivity contribution is 7.80. The van der Waals surface area contributed by atoms with Crippen molar-refractivity contribution in [3.05, 3.63) is 42.3 Å². The van der Waals surface area contributed by atoms with Crippen molar-refractivity contribution in [3.8, 4) is 0 Å². The third kappa shape index (κ3) is 3.58. The van der Waals surface area contributed by atoms with Crippen LogP contribution in [0.1, 0.15) is 6.92 Å². The van der Waals surface area contributed by atoms with E-state index in [2.05, 4.69) is 5.32 Å². The molecule has 1 rings (SSSR count). The maximum Gasteiger partial charge on any atom is 0.191 e. The molecule has 0 aromatic heterocycles. The van der Waals surface area contributed by atoms with Gasteiger partial charge in [-0.3, -0.25) is 0 Å². The van der Waals surface area contributed by atoms with E-state index in [1.807, 2.05) is 37.3 Å². The first-order chi connectivity index (χ1) is 6.72. The number of hydrogen-bond donors (Lipinski definition) is 1. The summed E-state index contributed by atoms with van der Waals surface area (Å²) in [5.74, 6) is 0.656. The Labute approximate surface area is 89.6 Å². The van der Waals surface area contributed by atoms with Crippen molar-refractivity contribution in [2.24, 2.45) is 0 Å².